The Labute approximate surface area is 143 Å². The molecule has 1 amide bonds. The molecule has 0 aromatic heterocycles. The first-order valence-electron chi connectivity index (χ1n) is 9.12. The van der Waals surface area contributed by atoms with E-state index in [0.29, 0.717) is 23.5 Å². The Morgan fingerprint density at radius 1 is 1.17 bits per heavy atom. The first-order chi connectivity index (χ1) is 11.3. The van der Waals surface area contributed by atoms with Gasteiger partial charge in [0.1, 0.15) is 5.75 Å². The Morgan fingerprint density at radius 3 is 2.38 bits per heavy atom. The van der Waals surface area contributed by atoms with Crippen molar-refractivity contribution in [2.24, 2.45) is 17.8 Å². The largest absolute Gasteiger partial charge is 0.478 e. The van der Waals surface area contributed by atoms with E-state index in [4.69, 9.17) is 4.74 Å². The molecule has 4 bridgehead atoms. The molecule has 0 spiro atoms. The van der Waals surface area contributed by atoms with Crippen LogP contribution in [0.5, 0.6) is 5.75 Å². The number of benzene rings is 1. The van der Waals surface area contributed by atoms with Gasteiger partial charge in [-0.3, -0.25) is 4.79 Å². The summed E-state index contributed by atoms with van der Waals surface area (Å²) < 4.78 is 5.92. The molecule has 0 heterocycles. The average molecular weight is 329 g/mol. The van der Waals surface area contributed by atoms with Crippen LogP contribution in [0.4, 0.5) is 0 Å². The molecule has 5 atom stereocenters. The van der Waals surface area contributed by atoms with Crippen LogP contribution >= 0.6 is 0 Å². The minimum Gasteiger partial charge on any atom is -0.478 e. The summed E-state index contributed by atoms with van der Waals surface area (Å²) >= 11 is 0. The summed E-state index contributed by atoms with van der Waals surface area (Å²) in [6, 6.07) is 9.66. The van der Waals surface area contributed by atoms with Gasteiger partial charge in [-0.25, -0.2) is 0 Å². The molecular formula is C20H27NO3. The van der Waals surface area contributed by atoms with Gasteiger partial charge in [-0.1, -0.05) is 18.2 Å². The lowest BCUT2D eigenvalue weighted by Gasteiger charge is -2.58. The van der Waals surface area contributed by atoms with Gasteiger partial charge in [0.15, 0.2) is 5.60 Å². The number of aliphatic hydroxyl groups is 1. The maximum atomic E-state index is 12.8. The van der Waals surface area contributed by atoms with Crippen LogP contribution in [0.15, 0.2) is 30.3 Å². The third-order valence-electron chi connectivity index (χ3n) is 6.20. The highest BCUT2D eigenvalue weighted by molar-refractivity contribution is 5.85. The second kappa shape index (κ2) is 5.48. The molecule has 4 aliphatic carbocycles. The topological polar surface area (TPSA) is 58.6 Å². The molecule has 4 nitrogen and oxygen atoms in total. The molecule has 4 saturated carbocycles. The summed E-state index contributed by atoms with van der Waals surface area (Å²) in [4.78, 5) is 12.8. The summed E-state index contributed by atoms with van der Waals surface area (Å²) in [6.45, 7) is 3.64. The van der Waals surface area contributed by atoms with Crippen LogP contribution in [0.2, 0.25) is 0 Å². The maximum absolute atomic E-state index is 12.8. The summed E-state index contributed by atoms with van der Waals surface area (Å²) in [5, 5.41) is 13.9. The van der Waals surface area contributed by atoms with Gasteiger partial charge in [-0.15, -0.1) is 0 Å². The smallest absolute Gasteiger partial charge is 0.263 e. The standard InChI is InChI=1S/C20H27NO3/c1-19(2,24-16-6-4-3-5-7-16)18(22)21-17-14-8-13-9-15(17)12-20(23,10-13)11-14/h3-7,13-15,17,23H,8-12H2,1-2H3,(H,21,22)/t13?,14-,15+,17?,20?. The summed E-state index contributed by atoms with van der Waals surface area (Å²) in [5.74, 6) is 2.12. The number of rotatable bonds is 4. The van der Waals surface area contributed by atoms with Crippen molar-refractivity contribution in [1.82, 2.24) is 5.32 Å². The van der Waals surface area contributed by atoms with Gasteiger partial charge in [0.05, 0.1) is 5.60 Å². The number of carbonyl (C=O) groups excluding carboxylic acids is 1. The molecule has 1 aromatic carbocycles. The maximum Gasteiger partial charge on any atom is 0.263 e. The third-order valence-corrected chi connectivity index (χ3v) is 6.20. The van der Waals surface area contributed by atoms with Gasteiger partial charge in [-0.2, -0.15) is 0 Å². The molecule has 3 unspecified atom stereocenters. The average Bonchev–Trinajstić information content (AvgIpc) is 2.49. The van der Waals surface area contributed by atoms with Crippen molar-refractivity contribution in [3.8, 4) is 5.75 Å². The lowest BCUT2D eigenvalue weighted by Crippen LogP contribution is -2.63. The highest BCUT2D eigenvalue weighted by Gasteiger charge is 2.55. The monoisotopic (exact) mass is 329 g/mol. The predicted octanol–water partition coefficient (Wildman–Crippen LogP) is 2.90. The SMILES string of the molecule is CC(C)(Oc1ccccc1)C(=O)NC1[C@@H]2CC3C[C@H]1CC(O)(C3)C2. The minimum absolute atomic E-state index is 0.0594. The molecule has 0 saturated heterocycles. The zero-order valence-corrected chi connectivity index (χ0v) is 14.5. The van der Waals surface area contributed by atoms with Gasteiger partial charge in [0, 0.05) is 6.04 Å². The molecule has 1 aromatic rings. The number of nitrogens with one attached hydrogen (secondary N) is 1. The fourth-order valence-electron chi connectivity index (χ4n) is 5.37. The van der Waals surface area contributed by atoms with Gasteiger partial charge in [0.2, 0.25) is 0 Å². The molecular weight excluding hydrogens is 302 g/mol. The van der Waals surface area contributed by atoms with Crippen molar-refractivity contribution in [3.05, 3.63) is 30.3 Å². The molecule has 4 heteroatoms. The van der Waals surface area contributed by atoms with Crippen molar-refractivity contribution >= 4 is 5.91 Å². The van der Waals surface area contributed by atoms with E-state index in [2.05, 4.69) is 5.32 Å². The van der Waals surface area contributed by atoms with Gasteiger partial charge in [0.25, 0.3) is 5.91 Å². The van der Waals surface area contributed by atoms with Crippen LogP contribution in [-0.4, -0.2) is 28.3 Å². The second-order valence-corrected chi connectivity index (χ2v) is 8.62. The fourth-order valence-corrected chi connectivity index (χ4v) is 5.37. The van der Waals surface area contributed by atoms with E-state index < -0.39 is 11.2 Å². The van der Waals surface area contributed by atoms with Crippen LogP contribution in [0.1, 0.15) is 46.0 Å². The Kier molecular flexibility index (Phi) is 3.64. The number of para-hydroxylation sites is 1. The Hall–Kier alpha value is -1.55. The van der Waals surface area contributed by atoms with Gasteiger partial charge in [-0.05, 0) is 75.8 Å². The fraction of sp³-hybridized carbons (Fsp3) is 0.650. The highest BCUT2D eigenvalue weighted by Crippen LogP contribution is 2.55. The first-order valence-corrected chi connectivity index (χ1v) is 9.12. The Balaban J connectivity index is 1.44. The zero-order valence-electron chi connectivity index (χ0n) is 14.5. The Bertz CT molecular complexity index is 611. The predicted molar refractivity (Wildman–Crippen MR) is 91.6 cm³/mol. The van der Waals surface area contributed by atoms with Crippen LogP contribution in [0.3, 0.4) is 0 Å². The van der Waals surface area contributed by atoms with Crippen LogP contribution in [0, 0.1) is 17.8 Å². The first kappa shape index (κ1) is 15.9. The van der Waals surface area contributed by atoms with Gasteiger partial charge >= 0.3 is 0 Å². The van der Waals surface area contributed by atoms with Crippen LogP contribution in [0.25, 0.3) is 0 Å². The summed E-state index contributed by atoms with van der Waals surface area (Å²) in [5.41, 5.74) is -1.37. The van der Waals surface area contributed by atoms with Crippen molar-refractivity contribution in [2.45, 2.75) is 63.2 Å². The van der Waals surface area contributed by atoms with E-state index >= 15 is 0 Å². The summed E-state index contributed by atoms with van der Waals surface area (Å²) in [6.07, 6.45) is 4.92. The second-order valence-electron chi connectivity index (χ2n) is 8.62. The normalized spacial score (nSPS) is 37.3. The van der Waals surface area contributed by atoms with Crippen molar-refractivity contribution in [1.29, 1.82) is 0 Å². The number of hydrogen-bond acceptors (Lipinski definition) is 3. The number of amides is 1. The van der Waals surface area contributed by atoms with Crippen LogP contribution < -0.4 is 10.1 Å². The van der Waals surface area contributed by atoms with Crippen LogP contribution in [-0.2, 0) is 4.79 Å². The lowest BCUT2D eigenvalue weighted by atomic mass is 9.52. The molecule has 24 heavy (non-hydrogen) atoms. The molecule has 0 radical (unpaired) electrons. The van der Waals surface area contributed by atoms with E-state index in [1.807, 2.05) is 44.2 Å². The quantitative estimate of drug-likeness (QED) is 0.893. The molecule has 0 aliphatic heterocycles. The molecule has 4 aliphatic rings. The van der Waals surface area contributed by atoms with Crippen molar-refractivity contribution in [3.63, 3.8) is 0 Å². The number of ether oxygens (including phenoxy) is 1. The minimum atomic E-state index is -0.910. The molecule has 5 rings (SSSR count). The lowest BCUT2D eigenvalue weighted by molar-refractivity contribution is -0.152. The highest BCUT2D eigenvalue weighted by atomic mass is 16.5. The van der Waals surface area contributed by atoms with E-state index in [9.17, 15) is 9.90 Å². The Morgan fingerprint density at radius 2 is 1.79 bits per heavy atom. The zero-order chi connectivity index (χ0) is 16.9. The summed E-state index contributed by atoms with van der Waals surface area (Å²) in [7, 11) is 0. The van der Waals surface area contributed by atoms with E-state index in [0.717, 1.165) is 32.1 Å². The molecule has 4 fully saturated rings. The number of carbonyl (C=O) groups is 1. The van der Waals surface area contributed by atoms with Crippen molar-refractivity contribution in [2.75, 3.05) is 0 Å². The van der Waals surface area contributed by atoms with E-state index in [1.54, 1.807) is 0 Å². The molecule has 130 valence electrons. The molecule has 2 N–H and O–H groups in total. The van der Waals surface area contributed by atoms with E-state index in [-0.39, 0.29) is 11.9 Å². The third kappa shape index (κ3) is 2.81. The van der Waals surface area contributed by atoms with Gasteiger partial charge < -0.3 is 15.2 Å². The van der Waals surface area contributed by atoms with E-state index in [1.165, 1.54) is 0 Å². The number of hydrogen-bond donors (Lipinski definition) is 2. The van der Waals surface area contributed by atoms with Crippen molar-refractivity contribution < 1.29 is 14.6 Å².